The molecule has 1 aromatic carbocycles. The average Bonchev–Trinajstić information content (AvgIpc) is 2.35. The summed E-state index contributed by atoms with van der Waals surface area (Å²) >= 11 is 4.44. The molecule has 0 aliphatic rings. The molecule has 8 heteroatoms. The van der Waals surface area contributed by atoms with E-state index in [2.05, 4.69) is 25.9 Å². The van der Waals surface area contributed by atoms with Crippen molar-refractivity contribution in [3.8, 4) is 0 Å². The maximum absolute atomic E-state index is 11.4. The summed E-state index contributed by atoms with van der Waals surface area (Å²) in [4.78, 5) is 18.9. The zero-order valence-corrected chi connectivity index (χ0v) is 13.0. The first-order valence-electron chi connectivity index (χ1n) is 5.09. The van der Waals surface area contributed by atoms with Crippen LogP contribution in [-0.2, 0) is 9.84 Å². The summed E-state index contributed by atoms with van der Waals surface area (Å²) in [6.07, 6.45) is 2.48. The van der Waals surface area contributed by atoms with Crippen LogP contribution in [0.15, 0.2) is 54.7 Å². The second-order valence-electron chi connectivity index (χ2n) is 3.70. The molecule has 0 bridgehead atoms. The number of H-pyrrole nitrogens is 1. The van der Waals surface area contributed by atoms with E-state index < -0.39 is 9.84 Å². The Kier molecular flexibility index (Phi) is 4.12. The van der Waals surface area contributed by atoms with Crippen molar-refractivity contribution in [3.05, 3.63) is 45.4 Å². The van der Waals surface area contributed by atoms with Crippen molar-refractivity contribution in [1.82, 2.24) is 9.97 Å². The van der Waals surface area contributed by atoms with Crippen LogP contribution >= 0.6 is 27.7 Å². The zero-order valence-electron chi connectivity index (χ0n) is 9.75. The van der Waals surface area contributed by atoms with Crippen LogP contribution in [0.5, 0.6) is 0 Å². The van der Waals surface area contributed by atoms with E-state index in [9.17, 15) is 13.2 Å². The van der Waals surface area contributed by atoms with E-state index in [4.69, 9.17) is 0 Å². The van der Waals surface area contributed by atoms with Crippen molar-refractivity contribution < 1.29 is 8.42 Å². The van der Waals surface area contributed by atoms with Crippen molar-refractivity contribution in [2.45, 2.75) is 14.8 Å². The lowest BCUT2D eigenvalue weighted by molar-refractivity contribution is 0.602. The van der Waals surface area contributed by atoms with Crippen LogP contribution < -0.4 is 5.56 Å². The van der Waals surface area contributed by atoms with Gasteiger partial charge in [0.2, 0.25) is 0 Å². The lowest BCUT2D eigenvalue weighted by Gasteiger charge is -2.03. The summed E-state index contributed by atoms with van der Waals surface area (Å²) < 4.78 is 23.0. The minimum Gasteiger partial charge on any atom is -0.312 e. The molecule has 1 heterocycles. The number of hydrogen-bond donors (Lipinski definition) is 1. The summed E-state index contributed by atoms with van der Waals surface area (Å²) in [6, 6.07) is 6.41. The van der Waals surface area contributed by atoms with E-state index in [0.29, 0.717) is 9.50 Å². The first-order valence-corrected chi connectivity index (χ1v) is 8.59. The molecule has 5 nitrogen and oxygen atoms in total. The lowest BCUT2D eigenvalue weighted by Crippen LogP contribution is -2.07. The minimum atomic E-state index is -3.20. The molecule has 0 unspecified atom stereocenters. The molecule has 1 N–H and O–H groups in total. The van der Waals surface area contributed by atoms with Gasteiger partial charge in [-0.1, -0.05) is 11.8 Å². The molecule has 0 saturated carbocycles. The first kappa shape index (κ1) is 14.3. The van der Waals surface area contributed by atoms with Gasteiger partial charge in [-0.25, -0.2) is 13.4 Å². The summed E-state index contributed by atoms with van der Waals surface area (Å²) in [7, 11) is -3.20. The monoisotopic (exact) mass is 360 g/mol. The van der Waals surface area contributed by atoms with Crippen LogP contribution in [0.25, 0.3) is 0 Å². The Morgan fingerprint density at radius 2 is 1.89 bits per heavy atom. The molecule has 0 aliphatic carbocycles. The highest BCUT2D eigenvalue weighted by atomic mass is 79.9. The van der Waals surface area contributed by atoms with Gasteiger partial charge in [-0.15, -0.1) is 0 Å². The Morgan fingerprint density at radius 1 is 1.26 bits per heavy atom. The molecule has 0 aliphatic heterocycles. The largest absolute Gasteiger partial charge is 0.312 e. The predicted molar refractivity (Wildman–Crippen MR) is 76.2 cm³/mol. The molecule has 0 amide bonds. The van der Waals surface area contributed by atoms with Gasteiger partial charge in [0.1, 0.15) is 9.50 Å². The third kappa shape index (κ3) is 3.46. The number of rotatable bonds is 3. The van der Waals surface area contributed by atoms with E-state index in [-0.39, 0.29) is 10.5 Å². The molecule has 2 aromatic rings. The number of benzene rings is 1. The van der Waals surface area contributed by atoms with Crippen LogP contribution in [-0.4, -0.2) is 24.6 Å². The topological polar surface area (TPSA) is 79.9 Å². The molecule has 0 spiro atoms. The third-order valence-electron chi connectivity index (χ3n) is 2.23. The van der Waals surface area contributed by atoms with E-state index >= 15 is 0 Å². The normalized spacial score (nSPS) is 11.5. The maximum atomic E-state index is 11.4. The van der Waals surface area contributed by atoms with Crippen molar-refractivity contribution in [1.29, 1.82) is 0 Å². The molecule has 0 fully saturated rings. The maximum Gasteiger partial charge on any atom is 0.266 e. The van der Waals surface area contributed by atoms with Gasteiger partial charge in [-0.2, -0.15) is 0 Å². The van der Waals surface area contributed by atoms with Crippen molar-refractivity contribution >= 4 is 37.5 Å². The lowest BCUT2D eigenvalue weighted by atomic mass is 10.4. The van der Waals surface area contributed by atoms with E-state index in [1.807, 2.05) is 0 Å². The van der Waals surface area contributed by atoms with Gasteiger partial charge >= 0.3 is 0 Å². The minimum absolute atomic E-state index is 0.259. The molecule has 2 rings (SSSR count). The van der Waals surface area contributed by atoms with Gasteiger partial charge in [0.25, 0.3) is 5.56 Å². The standard InChI is InChI=1S/C11H9BrN2O3S2/c1-19(16,17)8-4-2-7(3-5-8)18-11-9(12)10(15)13-6-14-11/h2-6H,1H3,(H,13,14,15). The van der Waals surface area contributed by atoms with Gasteiger partial charge in [0.05, 0.1) is 11.2 Å². The number of nitrogens with zero attached hydrogens (tertiary/aromatic N) is 1. The van der Waals surface area contributed by atoms with Crippen LogP contribution in [0.4, 0.5) is 0 Å². The number of hydrogen-bond acceptors (Lipinski definition) is 5. The van der Waals surface area contributed by atoms with E-state index in [1.165, 1.54) is 30.2 Å². The summed E-state index contributed by atoms with van der Waals surface area (Å²) in [6.45, 7) is 0. The fraction of sp³-hybridized carbons (Fsp3) is 0.0909. The highest BCUT2D eigenvalue weighted by Crippen LogP contribution is 2.30. The number of aromatic nitrogens is 2. The summed E-state index contributed by atoms with van der Waals surface area (Å²) in [5, 5.41) is 0.524. The van der Waals surface area contributed by atoms with Crippen LogP contribution in [0.2, 0.25) is 0 Å². The first-order chi connectivity index (χ1) is 8.88. The average molecular weight is 361 g/mol. The molecular formula is C11H9BrN2O3S2. The predicted octanol–water partition coefficient (Wildman–Crippen LogP) is 2.09. The zero-order chi connectivity index (χ0) is 14.0. The van der Waals surface area contributed by atoms with Crippen LogP contribution in [0, 0.1) is 0 Å². The number of aromatic amines is 1. The highest BCUT2D eigenvalue weighted by Gasteiger charge is 2.09. The number of sulfone groups is 1. The van der Waals surface area contributed by atoms with Gasteiger partial charge < -0.3 is 4.98 Å². The Bertz CT molecular complexity index is 754. The fourth-order valence-electron chi connectivity index (χ4n) is 1.30. The van der Waals surface area contributed by atoms with Crippen molar-refractivity contribution in [3.63, 3.8) is 0 Å². The molecule has 19 heavy (non-hydrogen) atoms. The SMILES string of the molecule is CS(=O)(=O)c1ccc(Sc2nc[nH]c(=O)c2Br)cc1. The molecular weight excluding hydrogens is 352 g/mol. The quantitative estimate of drug-likeness (QED) is 0.847. The Morgan fingerprint density at radius 3 is 2.47 bits per heavy atom. The highest BCUT2D eigenvalue weighted by molar-refractivity contribution is 9.10. The molecule has 1 aromatic heterocycles. The van der Waals surface area contributed by atoms with E-state index in [0.717, 1.165) is 11.2 Å². The van der Waals surface area contributed by atoms with Gasteiger partial charge in [-0.3, -0.25) is 4.79 Å². The third-order valence-corrected chi connectivity index (χ3v) is 5.37. The summed E-state index contributed by atoms with van der Waals surface area (Å²) in [5.74, 6) is 0. The second kappa shape index (κ2) is 5.48. The Labute approximate surface area is 122 Å². The number of nitrogens with one attached hydrogen (secondary N) is 1. The van der Waals surface area contributed by atoms with Crippen LogP contribution in [0.1, 0.15) is 0 Å². The fourth-order valence-corrected chi connectivity index (χ4v) is 3.18. The Balaban J connectivity index is 2.30. The van der Waals surface area contributed by atoms with Gasteiger partial charge in [0.15, 0.2) is 9.84 Å². The van der Waals surface area contributed by atoms with Crippen molar-refractivity contribution in [2.75, 3.05) is 6.26 Å². The van der Waals surface area contributed by atoms with Gasteiger partial charge in [-0.05, 0) is 40.2 Å². The molecule has 0 atom stereocenters. The molecule has 100 valence electrons. The van der Waals surface area contributed by atoms with Crippen LogP contribution in [0.3, 0.4) is 0 Å². The van der Waals surface area contributed by atoms with Gasteiger partial charge in [0, 0.05) is 11.2 Å². The smallest absolute Gasteiger partial charge is 0.266 e. The summed E-state index contributed by atoms with van der Waals surface area (Å²) in [5.41, 5.74) is -0.259. The number of halogens is 1. The Hall–Kier alpha value is -1.12. The molecule has 0 saturated heterocycles. The van der Waals surface area contributed by atoms with Crippen molar-refractivity contribution in [2.24, 2.45) is 0 Å². The molecule has 0 radical (unpaired) electrons. The second-order valence-corrected chi connectivity index (χ2v) is 7.57. The van der Waals surface area contributed by atoms with E-state index in [1.54, 1.807) is 12.1 Å².